The standard InChI is InChI=1S/C16H22N2O2/c1-11-9-18(10-12(2)20-11)16(19)17-15-7-6-13-4-3-5-14(13)8-15/h6-8,11-12H,3-5,9-10H2,1-2H3,(H,17,19). The van der Waals surface area contributed by atoms with Crippen LogP contribution >= 0.6 is 0 Å². The number of anilines is 1. The Bertz CT molecular complexity index is 505. The highest BCUT2D eigenvalue weighted by Crippen LogP contribution is 2.25. The highest BCUT2D eigenvalue weighted by Gasteiger charge is 2.26. The summed E-state index contributed by atoms with van der Waals surface area (Å²) in [4.78, 5) is 14.2. The quantitative estimate of drug-likeness (QED) is 0.855. The summed E-state index contributed by atoms with van der Waals surface area (Å²) < 4.78 is 5.66. The van der Waals surface area contributed by atoms with Gasteiger partial charge >= 0.3 is 6.03 Å². The van der Waals surface area contributed by atoms with Crippen LogP contribution in [0.4, 0.5) is 10.5 Å². The Kier molecular flexibility index (Phi) is 3.66. The third-order valence-electron chi connectivity index (χ3n) is 4.06. The van der Waals surface area contributed by atoms with Crippen molar-refractivity contribution >= 4 is 11.7 Å². The lowest BCUT2D eigenvalue weighted by atomic mass is 10.1. The number of hydrogen-bond acceptors (Lipinski definition) is 2. The van der Waals surface area contributed by atoms with Crippen LogP contribution in [0, 0.1) is 0 Å². The fourth-order valence-electron chi connectivity index (χ4n) is 3.20. The number of fused-ring (bicyclic) bond motifs is 1. The predicted octanol–water partition coefficient (Wildman–Crippen LogP) is 2.82. The molecule has 2 amide bonds. The van der Waals surface area contributed by atoms with E-state index < -0.39 is 0 Å². The first kappa shape index (κ1) is 13.4. The van der Waals surface area contributed by atoms with Crippen LogP contribution < -0.4 is 5.32 Å². The number of hydrogen-bond donors (Lipinski definition) is 1. The third-order valence-corrected chi connectivity index (χ3v) is 4.06. The van der Waals surface area contributed by atoms with Gasteiger partial charge in [0, 0.05) is 18.8 Å². The number of ether oxygens (including phenoxy) is 1. The van der Waals surface area contributed by atoms with E-state index in [0.717, 1.165) is 12.1 Å². The van der Waals surface area contributed by atoms with Crippen molar-refractivity contribution in [1.29, 1.82) is 0 Å². The van der Waals surface area contributed by atoms with E-state index >= 15 is 0 Å². The van der Waals surface area contributed by atoms with Crippen LogP contribution in [-0.4, -0.2) is 36.2 Å². The maximum Gasteiger partial charge on any atom is 0.322 e. The summed E-state index contributed by atoms with van der Waals surface area (Å²) in [5.41, 5.74) is 3.71. The molecular weight excluding hydrogens is 252 g/mol. The van der Waals surface area contributed by atoms with Gasteiger partial charge < -0.3 is 15.0 Å². The first-order valence-electron chi connectivity index (χ1n) is 7.45. The van der Waals surface area contributed by atoms with Crippen molar-refractivity contribution in [3.8, 4) is 0 Å². The van der Waals surface area contributed by atoms with Crippen LogP contribution in [0.25, 0.3) is 0 Å². The van der Waals surface area contributed by atoms with Crippen molar-refractivity contribution in [1.82, 2.24) is 4.90 Å². The van der Waals surface area contributed by atoms with Crippen LogP contribution in [0.15, 0.2) is 18.2 Å². The molecule has 20 heavy (non-hydrogen) atoms. The molecule has 0 radical (unpaired) electrons. The Labute approximate surface area is 120 Å². The zero-order chi connectivity index (χ0) is 14.1. The van der Waals surface area contributed by atoms with Crippen molar-refractivity contribution in [3.05, 3.63) is 29.3 Å². The maximum absolute atomic E-state index is 12.3. The fraction of sp³-hybridized carbons (Fsp3) is 0.562. The van der Waals surface area contributed by atoms with E-state index in [1.165, 1.54) is 24.0 Å². The largest absolute Gasteiger partial charge is 0.372 e. The molecule has 1 aliphatic heterocycles. The Hall–Kier alpha value is -1.55. The minimum atomic E-state index is -0.0232. The minimum Gasteiger partial charge on any atom is -0.372 e. The van der Waals surface area contributed by atoms with Gasteiger partial charge in [-0.15, -0.1) is 0 Å². The molecular formula is C16H22N2O2. The van der Waals surface area contributed by atoms with Gasteiger partial charge in [0.25, 0.3) is 0 Å². The Morgan fingerprint density at radius 3 is 2.65 bits per heavy atom. The number of rotatable bonds is 1. The molecule has 0 spiro atoms. The number of benzene rings is 1. The van der Waals surface area contributed by atoms with Crippen molar-refractivity contribution < 1.29 is 9.53 Å². The number of carbonyl (C=O) groups is 1. The number of nitrogens with one attached hydrogen (secondary N) is 1. The van der Waals surface area contributed by atoms with Gasteiger partial charge in [-0.1, -0.05) is 6.07 Å². The summed E-state index contributed by atoms with van der Waals surface area (Å²) in [6.45, 7) is 5.32. The molecule has 3 rings (SSSR count). The van der Waals surface area contributed by atoms with Crippen LogP contribution in [-0.2, 0) is 17.6 Å². The summed E-state index contributed by atoms with van der Waals surface area (Å²) in [5.74, 6) is 0. The molecule has 4 nitrogen and oxygen atoms in total. The molecule has 2 atom stereocenters. The summed E-state index contributed by atoms with van der Waals surface area (Å²) >= 11 is 0. The molecule has 0 saturated carbocycles. The Morgan fingerprint density at radius 1 is 1.20 bits per heavy atom. The average molecular weight is 274 g/mol. The number of amides is 2. The second-order valence-electron chi connectivity index (χ2n) is 5.93. The van der Waals surface area contributed by atoms with E-state index in [4.69, 9.17) is 4.74 Å². The average Bonchev–Trinajstić information content (AvgIpc) is 2.85. The zero-order valence-corrected chi connectivity index (χ0v) is 12.2. The summed E-state index contributed by atoms with van der Waals surface area (Å²) in [5, 5.41) is 3.01. The number of morpholine rings is 1. The number of nitrogens with zero attached hydrogens (tertiary/aromatic N) is 1. The van der Waals surface area contributed by atoms with E-state index in [0.29, 0.717) is 13.1 Å². The van der Waals surface area contributed by atoms with E-state index in [2.05, 4.69) is 17.4 Å². The van der Waals surface area contributed by atoms with Crippen molar-refractivity contribution in [2.75, 3.05) is 18.4 Å². The summed E-state index contributed by atoms with van der Waals surface area (Å²) in [7, 11) is 0. The highest BCUT2D eigenvalue weighted by atomic mass is 16.5. The predicted molar refractivity (Wildman–Crippen MR) is 79.1 cm³/mol. The number of aryl methyl sites for hydroxylation is 2. The first-order valence-corrected chi connectivity index (χ1v) is 7.45. The van der Waals surface area contributed by atoms with Crippen molar-refractivity contribution in [2.45, 2.75) is 45.3 Å². The molecule has 1 aliphatic carbocycles. The van der Waals surface area contributed by atoms with Crippen molar-refractivity contribution in [3.63, 3.8) is 0 Å². The zero-order valence-electron chi connectivity index (χ0n) is 12.2. The number of carbonyl (C=O) groups excluding carboxylic acids is 1. The monoisotopic (exact) mass is 274 g/mol. The van der Waals surface area contributed by atoms with E-state index in [-0.39, 0.29) is 18.2 Å². The van der Waals surface area contributed by atoms with Gasteiger partial charge in [0.15, 0.2) is 0 Å². The Morgan fingerprint density at radius 2 is 1.90 bits per heavy atom. The van der Waals surface area contributed by atoms with Crippen LogP contribution in [0.5, 0.6) is 0 Å². The highest BCUT2D eigenvalue weighted by molar-refractivity contribution is 5.89. The lowest BCUT2D eigenvalue weighted by Gasteiger charge is -2.35. The molecule has 1 fully saturated rings. The molecule has 0 aromatic heterocycles. The molecule has 1 aromatic rings. The van der Waals surface area contributed by atoms with Crippen LogP contribution in [0.1, 0.15) is 31.4 Å². The SMILES string of the molecule is CC1CN(C(=O)Nc2ccc3c(c2)CCC3)CC(C)O1. The smallest absolute Gasteiger partial charge is 0.322 e. The van der Waals surface area contributed by atoms with Gasteiger partial charge in [-0.3, -0.25) is 0 Å². The molecule has 2 unspecified atom stereocenters. The van der Waals surface area contributed by atoms with Crippen LogP contribution in [0.3, 0.4) is 0 Å². The molecule has 1 saturated heterocycles. The van der Waals surface area contributed by atoms with E-state index in [1.54, 1.807) is 0 Å². The molecule has 0 bridgehead atoms. The van der Waals surface area contributed by atoms with E-state index in [1.807, 2.05) is 24.8 Å². The van der Waals surface area contributed by atoms with Crippen LogP contribution in [0.2, 0.25) is 0 Å². The summed E-state index contributed by atoms with van der Waals surface area (Å²) in [6, 6.07) is 6.25. The van der Waals surface area contributed by atoms with Crippen molar-refractivity contribution in [2.24, 2.45) is 0 Å². The Balaban J connectivity index is 1.66. The normalized spacial score (nSPS) is 25.4. The molecule has 4 heteroatoms. The van der Waals surface area contributed by atoms with Gasteiger partial charge in [0.05, 0.1) is 12.2 Å². The summed E-state index contributed by atoms with van der Waals surface area (Å²) in [6.07, 6.45) is 3.73. The number of urea groups is 1. The molecule has 108 valence electrons. The molecule has 1 N–H and O–H groups in total. The second-order valence-corrected chi connectivity index (χ2v) is 5.93. The maximum atomic E-state index is 12.3. The lowest BCUT2D eigenvalue weighted by molar-refractivity contribution is -0.0530. The first-order chi connectivity index (χ1) is 9.61. The molecule has 2 aliphatic rings. The second kappa shape index (κ2) is 5.44. The van der Waals surface area contributed by atoms with Gasteiger partial charge in [0.1, 0.15) is 0 Å². The fourth-order valence-corrected chi connectivity index (χ4v) is 3.20. The topological polar surface area (TPSA) is 41.6 Å². The van der Waals surface area contributed by atoms with Gasteiger partial charge in [-0.2, -0.15) is 0 Å². The third kappa shape index (κ3) is 2.80. The van der Waals surface area contributed by atoms with E-state index in [9.17, 15) is 4.79 Å². The van der Waals surface area contributed by atoms with Gasteiger partial charge in [0.2, 0.25) is 0 Å². The van der Waals surface area contributed by atoms with Gasteiger partial charge in [-0.05, 0) is 56.4 Å². The van der Waals surface area contributed by atoms with Gasteiger partial charge in [-0.25, -0.2) is 4.79 Å². The molecule has 1 aromatic carbocycles. The minimum absolute atomic E-state index is 0.0232. The molecule has 1 heterocycles. The lowest BCUT2D eigenvalue weighted by Crippen LogP contribution is -2.49.